The third kappa shape index (κ3) is 2.99. The standard InChI is InChI=1S/C18H16Cl2N2O/c1-2-3-11-16-21-15-10-5-4-7-12(15)18(23)22(16)17-13(19)8-6-9-14(17)20/h4-10H,2-3,11H2,1H3. The van der Waals surface area contributed by atoms with Crippen molar-refractivity contribution in [3.05, 3.63) is 68.7 Å². The largest absolute Gasteiger partial charge is 0.268 e. The van der Waals surface area contributed by atoms with Gasteiger partial charge in [0.15, 0.2) is 0 Å². The van der Waals surface area contributed by atoms with Crippen molar-refractivity contribution in [2.75, 3.05) is 0 Å². The molecule has 0 fully saturated rings. The predicted octanol–water partition coefficient (Wildman–Crippen LogP) is 5.04. The number of benzene rings is 2. The molecule has 3 aromatic rings. The number of aromatic nitrogens is 2. The molecule has 0 amide bonds. The van der Waals surface area contributed by atoms with Crippen molar-refractivity contribution < 1.29 is 0 Å². The first-order chi connectivity index (χ1) is 11.1. The molecular weight excluding hydrogens is 331 g/mol. The lowest BCUT2D eigenvalue weighted by molar-refractivity contribution is 0.720. The lowest BCUT2D eigenvalue weighted by Crippen LogP contribution is -2.24. The van der Waals surface area contributed by atoms with Crippen LogP contribution >= 0.6 is 23.2 Å². The molecule has 0 atom stereocenters. The van der Waals surface area contributed by atoms with Gasteiger partial charge in [0.2, 0.25) is 0 Å². The Morgan fingerprint density at radius 3 is 2.43 bits per heavy atom. The summed E-state index contributed by atoms with van der Waals surface area (Å²) in [4.78, 5) is 17.7. The zero-order valence-electron chi connectivity index (χ0n) is 12.7. The van der Waals surface area contributed by atoms with E-state index in [-0.39, 0.29) is 5.56 Å². The van der Waals surface area contributed by atoms with Gasteiger partial charge in [-0.3, -0.25) is 9.36 Å². The molecule has 0 aliphatic heterocycles. The van der Waals surface area contributed by atoms with Gasteiger partial charge in [-0.25, -0.2) is 4.98 Å². The molecule has 0 aliphatic carbocycles. The number of fused-ring (bicyclic) bond motifs is 1. The number of nitrogens with zero attached hydrogens (tertiary/aromatic N) is 2. The van der Waals surface area contributed by atoms with Crippen LogP contribution in [0.15, 0.2) is 47.3 Å². The fraction of sp³-hybridized carbons (Fsp3) is 0.222. The van der Waals surface area contributed by atoms with Crippen molar-refractivity contribution in [1.82, 2.24) is 9.55 Å². The van der Waals surface area contributed by atoms with Gasteiger partial charge in [-0.1, -0.05) is 54.7 Å². The van der Waals surface area contributed by atoms with E-state index in [1.54, 1.807) is 28.8 Å². The highest BCUT2D eigenvalue weighted by atomic mass is 35.5. The number of unbranched alkanes of at least 4 members (excludes halogenated alkanes) is 1. The lowest BCUT2D eigenvalue weighted by atomic mass is 10.2. The second kappa shape index (κ2) is 6.73. The van der Waals surface area contributed by atoms with E-state index in [0.717, 1.165) is 12.8 Å². The van der Waals surface area contributed by atoms with E-state index < -0.39 is 0 Å². The zero-order valence-corrected chi connectivity index (χ0v) is 14.2. The SMILES string of the molecule is CCCCc1nc2ccccc2c(=O)n1-c1c(Cl)cccc1Cl. The Morgan fingerprint density at radius 2 is 1.74 bits per heavy atom. The Kier molecular flexibility index (Phi) is 4.69. The maximum Gasteiger partial charge on any atom is 0.266 e. The molecule has 118 valence electrons. The van der Waals surface area contributed by atoms with Crippen LogP contribution in [0.4, 0.5) is 0 Å². The van der Waals surface area contributed by atoms with Gasteiger partial charge in [0.05, 0.1) is 26.6 Å². The van der Waals surface area contributed by atoms with E-state index in [1.165, 1.54) is 0 Å². The van der Waals surface area contributed by atoms with Gasteiger partial charge in [0.25, 0.3) is 5.56 Å². The first-order valence-corrected chi connectivity index (χ1v) is 8.34. The predicted molar refractivity (Wildman–Crippen MR) is 96.0 cm³/mol. The van der Waals surface area contributed by atoms with Gasteiger partial charge in [-0.15, -0.1) is 0 Å². The van der Waals surface area contributed by atoms with Gasteiger partial charge in [-0.05, 0) is 30.7 Å². The van der Waals surface area contributed by atoms with Crippen LogP contribution in [0.5, 0.6) is 0 Å². The molecule has 3 rings (SSSR count). The zero-order chi connectivity index (χ0) is 16.4. The minimum atomic E-state index is -0.142. The summed E-state index contributed by atoms with van der Waals surface area (Å²) in [5.74, 6) is 0.686. The summed E-state index contributed by atoms with van der Waals surface area (Å²) < 4.78 is 1.56. The average molecular weight is 347 g/mol. The number of hydrogen-bond donors (Lipinski definition) is 0. The molecule has 0 unspecified atom stereocenters. The summed E-state index contributed by atoms with van der Waals surface area (Å²) in [6.45, 7) is 2.10. The normalized spacial score (nSPS) is 11.1. The van der Waals surface area contributed by atoms with Crippen LogP contribution in [-0.4, -0.2) is 9.55 Å². The number of para-hydroxylation sites is 2. The van der Waals surface area contributed by atoms with Gasteiger partial charge in [-0.2, -0.15) is 0 Å². The van der Waals surface area contributed by atoms with Crippen LogP contribution in [-0.2, 0) is 6.42 Å². The maximum atomic E-state index is 13.0. The molecule has 2 aromatic carbocycles. The number of rotatable bonds is 4. The van der Waals surface area contributed by atoms with E-state index >= 15 is 0 Å². The summed E-state index contributed by atoms with van der Waals surface area (Å²) in [7, 11) is 0. The van der Waals surface area contributed by atoms with Gasteiger partial charge in [0.1, 0.15) is 5.82 Å². The number of halogens is 2. The van der Waals surface area contributed by atoms with E-state index in [9.17, 15) is 4.79 Å². The maximum absolute atomic E-state index is 13.0. The molecule has 0 aliphatic rings. The molecule has 0 saturated carbocycles. The van der Waals surface area contributed by atoms with Gasteiger partial charge in [0, 0.05) is 6.42 Å². The lowest BCUT2D eigenvalue weighted by Gasteiger charge is -2.16. The minimum Gasteiger partial charge on any atom is -0.268 e. The second-order valence-corrected chi connectivity index (χ2v) is 6.17. The molecule has 0 spiro atoms. The van der Waals surface area contributed by atoms with Crippen molar-refractivity contribution in [1.29, 1.82) is 0 Å². The first kappa shape index (κ1) is 16.0. The Morgan fingerprint density at radius 1 is 1.04 bits per heavy atom. The van der Waals surface area contributed by atoms with Crippen LogP contribution in [0.1, 0.15) is 25.6 Å². The summed E-state index contributed by atoms with van der Waals surface area (Å²) >= 11 is 12.6. The number of aryl methyl sites for hydroxylation is 1. The first-order valence-electron chi connectivity index (χ1n) is 7.58. The third-order valence-corrected chi connectivity index (χ3v) is 4.37. The highest BCUT2D eigenvalue weighted by Crippen LogP contribution is 2.29. The molecule has 1 aromatic heterocycles. The fourth-order valence-corrected chi connectivity index (χ4v) is 3.18. The van der Waals surface area contributed by atoms with E-state index in [4.69, 9.17) is 23.2 Å². The second-order valence-electron chi connectivity index (χ2n) is 5.36. The topological polar surface area (TPSA) is 34.9 Å². The van der Waals surface area contributed by atoms with Crippen LogP contribution in [0, 0.1) is 0 Å². The van der Waals surface area contributed by atoms with Crippen molar-refractivity contribution in [2.45, 2.75) is 26.2 Å². The van der Waals surface area contributed by atoms with Gasteiger partial charge >= 0.3 is 0 Å². The number of hydrogen-bond acceptors (Lipinski definition) is 2. The molecule has 1 heterocycles. The highest BCUT2D eigenvalue weighted by Gasteiger charge is 2.16. The summed E-state index contributed by atoms with van der Waals surface area (Å²) in [5, 5.41) is 1.44. The van der Waals surface area contributed by atoms with Crippen LogP contribution in [0.3, 0.4) is 0 Å². The summed E-state index contributed by atoms with van der Waals surface area (Å²) in [6, 6.07) is 12.6. The Hall–Kier alpha value is -1.84. The van der Waals surface area contributed by atoms with E-state index in [2.05, 4.69) is 11.9 Å². The molecule has 0 N–H and O–H groups in total. The molecule has 0 radical (unpaired) electrons. The van der Waals surface area contributed by atoms with E-state index in [1.807, 2.05) is 18.2 Å². The van der Waals surface area contributed by atoms with Crippen molar-refractivity contribution >= 4 is 34.1 Å². The highest BCUT2D eigenvalue weighted by molar-refractivity contribution is 6.37. The molecule has 3 nitrogen and oxygen atoms in total. The Labute approximate surface area is 144 Å². The monoisotopic (exact) mass is 346 g/mol. The molecular formula is C18H16Cl2N2O. The average Bonchev–Trinajstić information content (AvgIpc) is 2.55. The smallest absolute Gasteiger partial charge is 0.266 e. The molecule has 5 heteroatoms. The third-order valence-electron chi connectivity index (χ3n) is 3.76. The fourth-order valence-electron chi connectivity index (χ4n) is 2.61. The molecule has 0 saturated heterocycles. The van der Waals surface area contributed by atoms with Crippen molar-refractivity contribution in [2.24, 2.45) is 0 Å². The van der Waals surface area contributed by atoms with Crippen LogP contribution in [0.25, 0.3) is 16.6 Å². The Balaban J connectivity index is 2.37. The van der Waals surface area contributed by atoms with Crippen molar-refractivity contribution in [3.63, 3.8) is 0 Å². The minimum absolute atomic E-state index is 0.142. The van der Waals surface area contributed by atoms with Crippen LogP contribution in [0.2, 0.25) is 10.0 Å². The summed E-state index contributed by atoms with van der Waals surface area (Å²) in [6.07, 6.45) is 2.64. The van der Waals surface area contributed by atoms with Crippen LogP contribution < -0.4 is 5.56 Å². The molecule has 23 heavy (non-hydrogen) atoms. The Bertz CT molecular complexity index is 898. The summed E-state index contributed by atoms with van der Waals surface area (Å²) in [5.41, 5.74) is 1.06. The molecule has 0 bridgehead atoms. The quantitative estimate of drug-likeness (QED) is 0.663. The van der Waals surface area contributed by atoms with Crippen molar-refractivity contribution in [3.8, 4) is 5.69 Å². The van der Waals surface area contributed by atoms with Gasteiger partial charge < -0.3 is 0 Å². The van der Waals surface area contributed by atoms with E-state index in [0.29, 0.717) is 38.9 Å².